The molecule has 0 saturated carbocycles. The Morgan fingerprint density at radius 3 is 2.74 bits per heavy atom. The van der Waals surface area contributed by atoms with E-state index in [0.29, 0.717) is 17.6 Å². The van der Waals surface area contributed by atoms with Crippen LogP contribution >= 0.6 is 0 Å². The number of anilines is 1. The van der Waals surface area contributed by atoms with Crippen molar-refractivity contribution in [3.8, 4) is 0 Å². The van der Waals surface area contributed by atoms with Crippen LogP contribution in [0.25, 0.3) is 0 Å². The van der Waals surface area contributed by atoms with Crippen molar-refractivity contribution in [3.05, 3.63) is 18.0 Å². The summed E-state index contributed by atoms with van der Waals surface area (Å²) in [5.74, 6) is 0.560. The van der Waals surface area contributed by atoms with Crippen molar-refractivity contribution in [3.63, 3.8) is 0 Å². The first kappa shape index (κ1) is 13.7. The van der Waals surface area contributed by atoms with Gasteiger partial charge in [-0.25, -0.2) is 9.97 Å². The van der Waals surface area contributed by atoms with Gasteiger partial charge in [-0.15, -0.1) is 0 Å². The van der Waals surface area contributed by atoms with Crippen LogP contribution in [-0.2, 0) is 0 Å². The highest BCUT2D eigenvalue weighted by Crippen LogP contribution is 2.08. The third kappa shape index (κ3) is 3.64. The molecule has 0 bridgehead atoms. The molecule has 0 radical (unpaired) electrons. The van der Waals surface area contributed by atoms with Crippen LogP contribution in [0.2, 0.25) is 0 Å². The van der Waals surface area contributed by atoms with E-state index in [1.165, 1.54) is 0 Å². The molecule has 104 valence electrons. The fourth-order valence-corrected chi connectivity index (χ4v) is 2.07. The Balaban J connectivity index is 2.02. The molecule has 1 aliphatic heterocycles. The number of hydrogen-bond acceptors (Lipinski definition) is 5. The van der Waals surface area contributed by atoms with E-state index < -0.39 is 0 Å². The highest BCUT2D eigenvalue weighted by atomic mass is 16.2. The lowest BCUT2D eigenvalue weighted by Crippen LogP contribution is -2.51. The van der Waals surface area contributed by atoms with E-state index in [0.717, 1.165) is 19.6 Å². The van der Waals surface area contributed by atoms with E-state index in [2.05, 4.69) is 27.5 Å². The molecule has 0 aromatic carbocycles. The quantitative estimate of drug-likeness (QED) is 0.841. The minimum Gasteiger partial charge on any atom is -0.352 e. The summed E-state index contributed by atoms with van der Waals surface area (Å²) < 4.78 is 0. The zero-order valence-electron chi connectivity index (χ0n) is 11.7. The maximum Gasteiger partial charge on any atom is 0.257 e. The number of carbonyl (C=O) groups is 1. The molecule has 1 fully saturated rings. The molecule has 6 nitrogen and oxygen atoms in total. The smallest absolute Gasteiger partial charge is 0.257 e. The molecule has 2 heterocycles. The van der Waals surface area contributed by atoms with Crippen molar-refractivity contribution in [2.24, 2.45) is 0 Å². The SMILES string of the molecule is CC(C)Nc1ncc(C(=O)N2CCN[C@H](C)C2)cn1. The second kappa shape index (κ2) is 5.97. The van der Waals surface area contributed by atoms with Gasteiger partial charge in [-0.1, -0.05) is 0 Å². The Kier molecular flexibility index (Phi) is 4.31. The second-order valence-corrected chi connectivity index (χ2v) is 5.20. The van der Waals surface area contributed by atoms with E-state index in [4.69, 9.17) is 0 Å². The van der Waals surface area contributed by atoms with Gasteiger partial charge in [0.05, 0.1) is 5.56 Å². The largest absolute Gasteiger partial charge is 0.352 e. The number of nitrogens with one attached hydrogen (secondary N) is 2. The molecule has 0 unspecified atom stereocenters. The number of aromatic nitrogens is 2. The first-order chi connectivity index (χ1) is 9.06. The van der Waals surface area contributed by atoms with Crippen LogP contribution in [0.4, 0.5) is 5.95 Å². The highest BCUT2D eigenvalue weighted by Gasteiger charge is 2.22. The van der Waals surface area contributed by atoms with Gasteiger partial charge < -0.3 is 15.5 Å². The summed E-state index contributed by atoms with van der Waals surface area (Å²) in [5, 5.41) is 6.41. The van der Waals surface area contributed by atoms with Crippen molar-refractivity contribution in [1.29, 1.82) is 0 Å². The van der Waals surface area contributed by atoms with Crippen LogP contribution in [0.3, 0.4) is 0 Å². The molecular weight excluding hydrogens is 242 g/mol. The van der Waals surface area contributed by atoms with Gasteiger partial charge >= 0.3 is 0 Å². The van der Waals surface area contributed by atoms with Crippen molar-refractivity contribution in [1.82, 2.24) is 20.2 Å². The van der Waals surface area contributed by atoms with Gasteiger partial charge in [-0.3, -0.25) is 4.79 Å². The molecule has 6 heteroatoms. The molecule has 1 amide bonds. The number of carbonyl (C=O) groups excluding carboxylic acids is 1. The zero-order valence-corrected chi connectivity index (χ0v) is 11.7. The van der Waals surface area contributed by atoms with Crippen LogP contribution in [0.5, 0.6) is 0 Å². The van der Waals surface area contributed by atoms with Crippen molar-refractivity contribution >= 4 is 11.9 Å². The standard InChI is InChI=1S/C13H21N5O/c1-9(2)17-13-15-6-11(7-16-13)12(19)18-5-4-14-10(3)8-18/h6-7,9-10,14H,4-5,8H2,1-3H3,(H,15,16,17)/t10-/m1/s1. The Morgan fingerprint density at radius 2 is 2.16 bits per heavy atom. The second-order valence-electron chi connectivity index (χ2n) is 5.20. The Bertz CT molecular complexity index is 431. The summed E-state index contributed by atoms with van der Waals surface area (Å²) in [6, 6.07) is 0.607. The summed E-state index contributed by atoms with van der Waals surface area (Å²) in [7, 11) is 0. The van der Waals surface area contributed by atoms with Crippen molar-refractivity contribution in [2.75, 3.05) is 25.0 Å². The molecule has 2 N–H and O–H groups in total. The normalized spacial score (nSPS) is 19.6. The van der Waals surface area contributed by atoms with E-state index >= 15 is 0 Å². The first-order valence-corrected chi connectivity index (χ1v) is 6.67. The molecular formula is C13H21N5O. The molecule has 0 aliphatic carbocycles. The number of rotatable bonds is 3. The van der Waals surface area contributed by atoms with Gasteiger partial charge in [-0.2, -0.15) is 0 Å². The van der Waals surface area contributed by atoms with Gasteiger partial charge in [0.1, 0.15) is 0 Å². The lowest BCUT2D eigenvalue weighted by Gasteiger charge is -2.31. The minimum atomic E-state index is 0.00412. The summed E-state index contributed by atoms with van der Waals surface area (Å²) in [6.45, 7) is 8.40. The van der Waals surface area contributed by atoms with Gasteiger partial charge in [0.25, 0.3) is 5.91 Å². The van der Waals surface area contributed by atoms with Crippen molar-refractivity contribution < 1.29 is 4.79 Å². The van der Waals surface area contributed by atoms with Gasteiger partial charge in [0.15, 0.2) is 0 Å². The lowest BCUT2D eigenvalue weighted by atomic mass is 10.2. The Morgan fingerprint density at radius 1 is 1.47 bits per heavy atom. The molecule has 1 aromatic rings. The fourth-order valence-electron chi connectivity index (χ4n) is 2.07. The number of amides is 1. The van der Waals surface area contributed by atoms with Gasteiger partial charge in [-0.05, 0) is 20.8 Å². The summed E-state index contributed by atoms with van der Waals surface area (Å²) in [5.41, 5.74) is 0.545. The van der Waals surface area contributed by atoms with Crippen LogP contribution in [0.1, 0.15) is 31.1 Å². The molecule has 1 atom stereocenters. The molecule has 0 spiro atoms. The molecule has 1 aliphatic rings. The third-order valence-electron chi connectivity index (χ3n) is 2.97. The third-order valence-corrected chi connectivity index (χ3v) is 2.97. The Hall–Kier alpha value is -1.69. The number of hydrogen-bond donors (Lipinski definition) is 2. The molecule has 19 heavy (non-hydrogen) atoms. The average molecular weight is 263 g/mol. The van der Waals surface area contributed by atoms with Crippen LogP contribution < -0.4 is 10.6 Å². The van der Waals surface area contributed by atoms with E-state index in [1.54, 1.807) is 12.4 Å². The Labute approximate surface area is 113 Å². The summed E-state index contributed by atoms with van der Waals surface area (Å²) in [4.78, 5) is 22.5. The van der Waals surface area contributed by atoms with E-state index in [9.17, 15) is 4.79 Å². The van der Waals surface area contributed by atoms with Crippen LogP contribution in [0.15, 0.2) is 12.4 Å². The van der Waals surface area contributed by atoms with Crippen LogP contribution in [-0.4, -0.2) is 52.5 Å². The predicted molar refractivity (Wildman–Crippen MR) is 74.2 cm³/mol. The molecule has 2 rings (SSSR count). The number of piperazine rings is 1. The van der Waals surface area contributed by atoms with E-state index in [1.807, 2.05) is 18.7 Å². The number of nitrogens with zero attached hydrogens (tertiary/aromatic N) is 3. The molecule has 1 saturated heterocycles. The first-order valence-electron chi connectivity index (χ1n) is 6.67. The zero-order chi connectivity index (χ0) is 13.8. The maximum absolute atomic E-state index is 12.3. The minimum absolute atomic E-state index is 0.00412. The molecule has 1 aromatic heterocycles. The predicted octanol–water partition coefficient (Wildman–Crippen LogP) is 0.731. The maximum atomic E-state index is 12.3. The van der Waals surface area contributed by atoms with Gasteiger partial charge in [0, 0.05) is 44.1 Å². The lowest BCUT2D eigenvalue weighted by molar-refractivity contribution is 0.0708. The van der Waals surface area contributed by atoms with Crippen LogP contribution in [0, 0.1) is 0 Å². The van der Waals surface area contributed by atoms with E-state index in [-0.39, 0.29) is 11.9 Å². The fraction of sp³-hybridized carbons (Fsp3) is 0.615. The summed E-state index contributed by atoms with van der Waals surface area (Å²) in [6.07, 6.45) is 3.18. The average Bonchev–Trinajstić information content (AvgIpc) is 2.38. The monoisotopic (exact) mass is 263 g/mol. The summed E-state index contributed by atoms with van der Waals surface area (Å²) >= 11 is 0. The van der Waals surface area contributed by atoms with Crippen molar-refractivity contribution in [2.45, 2.75) is 32.9 Å². The topological polar surface area (TPSA) is 70.2 Å². The van der Waals surface area contributed by atoms with Gasteiger partial charge in [0.2, 0.25) is 5.95 Å². The highest BCUT2D eigenvalue weighted by molar-refractivity contribution is 5.93.